The van der Waals surface area contributed by atoms with Crippen molar-refractivity contribution in [3.8, 4) is 0 Å². The highest BCUT2D eigenvalue weighted by Gasteiger charge is 2.36. The summed E-state index contributed by atoms with van der Waals surface area (Å²) in [6.45, 7) is 0.828. The maximum absolute atomic E-state index is 12.5. The minimum absolute atomic E-state index is 0.00972. The first-order chi connectivity index (χ1) is 9.54. The molecule has 1 N–H and O–H groups in total. The topological polar surface area (TPSA) is 52.7 Å². The average Bonchev–Trinajstić information content (AvgIpc) is 2.81. The van der Waals surface area contributed by atoms with Gasteiger partial charge in [0, 0.05) is 13.6 Å². The van der Waals surface area contributed by atoms with Crippen LogP contribution in [0.5, 0.6) is 0 Å². The summed E-state index contributed by atoms with van der Waals surface area (Å²) >= 11 is 6.13. The van der Waals surface area contributed by atoms with E-state index in [1.807, 2.05) is 18.2 Å². The Morgan fingerprint density at radius 1 is 1.50 bits per heavy atom. The zero-order valence-corrected chi connectivity index (χ0v) is 12.4. The van der Waals surface area contributed by atoms with Gasteiger partial charge in [-0.2, -0.15) is 0 Å². The largest absolute Gasteiger partial charge is 0.358 e. The summed E-state index contributed by atoms with van der Waals surface area (Å²) in [5, 5.41) is 3.12. The number of amides is 2. The number of para-hydroxylation sites is 1. The zero-order chi connectivity index (χ0) is 14.7. The molecule has 1 aromatic rings. The third kappa shape index (κ3) is 2.94. The lowest BCUT2D eigenvalue weighted by molar-refractivity contribution is -0.124. The Hall–Kier alpha value is -1.59. The number of anilines is 1. The van der Waals surface area contributed by atoms with E-state index in [4.69, 9.17) is 11.6 Å². The van der Waals surface area contributed by atoms with Gasteiger partial charge in [-0.3, -0.25) is 14.5 Å². The van der Waals surface area contributed by atoms with Crippen LogP contribution < -0.4 is 10.2 Å². The second-order valence-corrected chi connectivity index (χ2v) is 5.24. The molecule has 0 radical (unpaired) electrons. The number of rotatable bonds is 4. The van der Waals surface area contributed by atoms with E-state index in [1.165, 1.54) is 0 Å². The lowest BCUT2D eigenvalue weighted by atomic mass is 10.2. The Balaban J connectivity index is 2.10. The minimum atomic E-state index is -0.274. The standard InChI is InChI=1S/C14H18ClN3O2/c1-16-13(19)9-17(2)12-7-8-18(14(12)20)11-6-4-3-5-10(11)15/h3-6,12H,7-9H2,1-2H3,(H,16,19). The van der Waals surface area contributed by atoms with E-state index in [0.717, 1.165) is 5.69 Å². The fraction of sp³-hybridized carbons (Fsp3) is 0.429. The van der Waals surface area contributed by atoms with E-state index in [-0.39, 0.29) is 24.4 Å². The van der Waals surface area contributed by atoms with Crippen LogP contribution in [0.3, 0.4) is 0 Å². The molecule has 0 aliphatic carbocycles. The minimum Gasteiger partial charge on any atom is -0.358 e. The summed E-state index contributed by atoms with van der Waals surface area (Å²) in [6, 6.07) is 7.02. The van der Waals surface area contributed by atoms with Crippen LogP contribution in [0.4, 0.5) is 5.69 Å². The Bertz CT molecular complexity index is 521. The zero-order valence-electron chi connectivity index (χ0n) is 11.6. The summed E-state index contributed by atoms with van der Waals surface area (Å²) in [5.74, 6) is -0.110. The van der Waals surface area contributed by atoms with Gasteiger partial charge in [0.2, 0.25) is 11.8 Å². The molecule has 1 unspecified atom stereocenters. The van der Waals surface area contributed by atoms with Gasteiger partial charge in [-0.25, -0.2) is 0 Å². The van der Waals surface area contributed by atoms with Gasteiger partial charge in [-0.15, -0.1) is 0 Å². The van der Waals surface area contributed by atoms with Gasteiger partial charge in [-0.1, -0.05) is 23.7 Å². The molecule has 1 saturated heterocycles. The predicted molar refractivity (Wildman–Crippen MR) is 78.9 cm³/mol. The lowest BCUT2D eigenvalue weighted by Gasteiger charge is -2.23. The second-order valence-electron chi connectivity index (χ2n) is 4.83. The van der Waals surface area contributed by atoms with Gasteiger partial charge < -0.3 is 10.2 Å². The van der Waals surface area contributed by atoms with Gasteiger partial charge in [0.05, 0.1) is 23.3 Å². The molecule has 0 bridgehead atoms. The number of carbonyl (C=O) groups excluding carboxylic acids is 2. The fourth-order valence-electron chi connectivity index (χ4n) is 2.40. The molecule has 108 valence electrons. The van der Waals surface area contributed by atoms with Crippen molar-refractivity contribution in [3.05, 3.63) is 29.3 Å². The number of nitrogens with one attached hydrogen (secondary N) is 1. The first kappa shape index (κ1) is 14.8. The van der Waals surface area contributed by atoms with Crippen LogP contribution in [-0.4, -0.2) is 49.9 Å². The van der Waals surface area contributed by atoms with Gasteiger partial charge in [0.1, 0.15) is 0 Å². The maximum Gasteiger partial charge on any atom is 0.244 e. The summed E-state index contributed by atoms with van der Waals surface area (Å²) in [6.07, 6.45) is 0.692. The second kappa shape index (κ2) is 6.24. The van der Waals surface area contributed by atoms with E-state index in [2.05, 4.69) is 5.32 Å². The van der Waals surface area contributed by atoms with Crippen LogP contribution in [0.15, 0.2) is 24.3 Å². The van der Waals surface area contributed by atoms with Crippen molar-refractivity contribution in [2.45, 2.75) is 12.5 Å². The number of nitrogens with zero attached hydrogens (tertiary/aromatic N) is 2. The number of benzene rings is 1. The van der Waals surface area contributed by atoms with Crippen LogP contribution in [0.25, 0.3) is 0 Å². The number of likely N-dealkylation sites (N-methyl/N-ethyl adjacent to an activating group) is 2. The molecular weight excluding hydrogens is 278 g/mol. The van der Waals surface area contributed by atoms with Crippen molar-refractivity contribution in [1.82, 2.24) is 10.2 Å². The van der Waals surface area contributed by atoms with Crippen molar-refractivity contribution in [2.75, 3.05) is 32.1 Å². The van der Waals surface area contributed by atoms with E-state index < -0.39 is 0 Å². The maximum atomic E-state index is 12.5. The molecule has 0 spiro atoms. The van der Waals surface area contributed by atoms with Crippen LogP contribution in [0.1, 0.15) is 6.42 Å². The SMILES string of the molecule is CNC(=O)CN(C)C1CCN(c2ccccc2Cl)C1=O. The van der Waals surface area contributed by atoms with E-state index in [9.17, 15) is 9.59 Å². The molecule has 20 heavy (non-hydrogen) atoms. The highest BCUT2D eigenvalue weighted by molar-refractivity contribution is 6.33. The summed E-state index contributed by atoms with van der Waals surface area (Å²) in [5.41, 5.74) is 0.731. The van der Waals surface area contributed by atoms with E-state index in [0.29, 0.717) is 18.0 Å². The normalized spacial score (nSPS) is 18.7. The highest BCUT2D eigenvalue weighted by atomic mass is 35.5. The molecule has 2 amide bonds. The predicted octanol–water partition coefficient (Wildman–Crippen LogP) is 1.12. The van der Waals surface area contributed by atoms with Gasteiger partial charge in [0.15, 0.2) is 0 Å². The molecule has 5 nitrogen and oxygen atoms in total. The van der Waals surface area contributed by atoms with Crippen LogP contribution >= 0.6 is 11.6 Å². The summed E-state index contributed by atoms with van der Waals surface area (Å²) in [7, 11) is 3.37. The molecule has 1 atom stereocenters. The van der Waals surface area contributed by atoms with Crippen molar-refractivity contribution >= 4 is 29.1 Å². The number of halogens is 1. The third-order valence-corrected chi connectivity index (χ3v) is 3.84. The molecule has 2 rings (SSSR count). The molecule has 6 heteroatoms. The quantitative estimate of drug-likeness (QED) is 0.906. The van der Waals surface area contributed by atoms with Crippen LogP contribution in [-0.2, 0) is 9.59 Å². The smallest absolute Gasteiger partial charge is 0.244 e. The number of carbonyl (C=O) groups is 2. The summed E-state index contributed by atoms with van der Waals surface area (Å²) in [4.78, 5) is 27.3. The lowest BCUT2D eigenvalue weighted by Crippen LogP contribution is -2.44. The molecular formula is C14H18ClN3O2. The molecule has 0 aromatic heterocycles. The highest BCUT2D eigenvalue weighted by Crippen LogP contribution is 2.30. The Morgan fingerprint density at radius 3 is 2.85 bits per heavy atom. The van der Waals surface area contributed by atoms with E-state index in [1.54, 1.807) is 30.0 Å². The molecule has 1 aliphatic heterocycles. The summed E-state index contributed by atoms with van der Waals surface area (Å²) < 4.78 is 0. The van der Waals surface area contributed by atoms with Gasteiger partial charge in [-0.05, 0) is 25.6 Å². The van der Waals surface area contributed by atoms with Crippen LogP contribution in [0, 0.1) is 0 Å². The molecule has 1 heterocycles. The Labute approximate surface area is 123 Å². The van der Waals surface area contributed by atoms with E-state index >= 15 is 0 Å². The first-order valence-electron chi connectivity index (χ1n) is 6.51. The van der Waals surface area contributed by atoms with Gasteiger partial charge in [0.25, 0.3) is 0 Å². The van der Waals surface area contributed by atoms with Crippen molar-refractivity contribution in [3.63, 3.8) is 0 Å². The Morgan fingerprint density at radius 2 is 2.20 bits per heavy atom. The monoisotopic (exact) mass is 295 g/mol. The van der Waals surface area contributed by atoms with Crippen molar-refractivity contribution < 1.29 is 9.59 Å². The molecule has 1 fully saturated rings. The fourth-order valence-corrected chi connectivity index (χ4v) is 2.64. The van der Waals surface area contributed by atoms with Gasteiger partial charge >= 0.3 is 0 Å². The number of hydrogen-bond acceptors (Lipinski definition) is 3. The average molecular weight is 296 g/mol. The number of hydrogen-bond donors (Lipinski definition) is 1. The molecule has 0 saturated carbocycles. The first-order valence-corrected chi connectivity index (χ1v) is 6.89. The third-order valence-electron chi connectivity index (χ3n) is 3.52. The molecule has 1 aromatic carbocycles. The van der Waals surface area contributed by atoms with Crippen molar-refractivity contribution in [1.29, 1.82) is 0 Å². The van der Waals surface area contributed by atoms with Crippen molar-refractivity contribution in [2.24, 2.45) is 0 Å². The Kier molecular flexibility index (Phi) is 4.62. The van der Waals surface area contributed by atoms with Crippen LogP contribution in [0.2, 0.25) is 5.02 Å². The molecule has 1 aliphatic rings.